The van der Waals surface area contributed by atoms with Crippen LogP contribution in [0.1, 0.15) is 151 Å². The molecule has 714 valence electrons. The summed E-state index contributed by atoms with van der Waals surface area (Å²) in [7, 11) is 0.323. The molecular formula is C83H115Br4N19O23S. The Morgan fingerprint density at radius 2 is 1.34 bits per heavy atom. The van der Waals surface area contributed by atoms with Crippen LogP contribution in [0.25, 0.3) is 10.9 Å². The Kier molecular flexibility index (Phi) is 43.0. The number of carboxylic acids is 1. The number of nitrogens with one attached hydrogen (secondary N) is 8. The predicted molar refractivity (Wildman–Crippen MR) is 483 cm³/mol. The number of ketones is 4. The zero-order chi connectivity index (χ0) is 95.9. The first-order valence-corrected chi connectivity index (χ1v) is 48.2. The van der Waals surface area contributed by atoms with Crippen LogP contribution < -0.4 is 53.4 Å². The lowest BCUT2D eigenvalue weighted by atomic mass is 9.85. The molecular weight excluding hydrogens is 1980 g/mol. The van der Waals surface area contributed by atoms with Crippen molar-refractivity contribution >= 4 is 180 Å². The second-order valence-corrected chi connectivity index (χ2v) is 36.3. The van der Waals surface area contributed by atoms with Crippen molar-refractivity contribution in [2.24, 2.45) is 47.0 Å². The highest BCUT2D eigenvalue weighted by atomic mass is 79.9. The number of nitrogens with zero attached hydrogens (tertiary/aromatic N) is 9. The number of fused-ring (bicyclic) bond motifs is 5. The largest absolute Gasteiger partial charge is 0.481 e. The second-order valence-electron chi connectivity index (χ2n) is 32.6. The number of rotatable bonds is 37. The first-order chi connectivity index (χ1) is 61.7. The minimum Gasteiger partial charge on any atom is -0.481 e. The van der Waals surface area contributed by atoms with Crippen LogP contribution in [0.3, 0.4) is 0 Å². The summed E-state index contributed by atoms with van der Waals surface area (Å²) >= 11 is 13.6. The third-order valence-corrected chi connectivity index (χ3v) is 26.2. The molecule has 3 aliphatic rings. The Morgan fingerprint density at radius 3 is 1.92 bits per heavy atom. The lowest BCUT2D eigenvalue weighted by Crippen LogP contribution is -2.56. The standard InChI is InChI=1S/C75H104Br2N16O21S.C8H11Br2N3O2/c1-8-40(4)65-70(107)82-33-63(102)83-55-38-115(112)71-51(24-44(67(104)81-34-64(103)86-65)25-60(99)66(41(5)61(100)36-94)87-69(106)56-29-47(96)35-92(56)72(108)45(26-59(55)98)27-62(78)101)49-18-17-48(30-53(49)85-71)114-75(111)91(7)22-21-90(6)74(110)113-37-43-15-13-42(14-16-43)23-58(97)52(12-9-19-80-73(79)109)84-68(105)50(39(2)3)28-46(95)11-10-20-93-57(32-77)54(31-76)88-89-93;9-4-6-7(5-10)13(12-11-6)3-1-2-8(14)15/h13-18,30,39-41,44-45,47,50,52,55-56,61,65-66,85,94,96,100H,8-12,19-29,31-38H2,1-7H3,(H2,78,101)(H,81,104)(H,82,107)(H,83,102)(H,84,105)(H,86,103)(H,87,106)(H3,79,80,109);1-5H2,(H,14,15)/t40-,41-,44-,45-,47+,50-,52-,55-,56-,61-,65-,66-,115?;/m0./s1. The van der Waals surface area contributed by atoms with E-state index in [1.54, 1.807) is 47.5 Å². The van der Waals surface area contributed by atoms with Crippen molar-refractivity contribution in [3.05, 3.63) is 81.9 Å². The van der Waals surface area contributed by atoms with Crippen LogP contribution in [0.2, 0.25) is 0 Å². The third-order valence-electron chi connectivity index (χ3n) is 22.7. The van der Waals surface area contributed by atoms with Gasteiger partial charge in [0.2, 0.25) is 47.3 Å². The molecule has 0 aliphatic carbocycles. The van der Waals surface area contributed by atoms with E-state index in [2.05, 4.69) is 127 Å². The number of hydrogen-bond donors (Lipinski definition) is 14. The van der Waals surface area contributed by atoms with Gasteiger partial charge in [-0.15, -0.1) is 10.2 Å². The summed E-state index contributed by atoms with van der Waals surface area (Å²) in [4.78, 5) is 224. The average molecular weight is 2100 g/mol. The molecule has 1 fully saturated rings. The summed E-state index contributed by atoms with van der Waals surface area (Å²) in [6.07, 6.45) is -6.23. The quantitative estimate of drug-likeness (QED) is 0.0200. The zero-order valence-electron chi connectivity index (χ0n) is 73.2. The molecule has 2 bridgehead atoms. The van der Waals surface area contributed by atoms with E-state index in [1.807, 2.05) is 13.8 Å². The summed E-state index contributed by atoms with van der Waals surface area (Å²) in [6, 6.07) is 2.57. The number of aromatic nitrogens is 7. The molecule has 8 rings (SSSR count). The van der Waals surface area contributed by atoms with E-state index in [1.165, 1.54) is 44.1 Å². The Bertz CT molecular complexity index is 4880. The van der Waals surface area contributed by atoms with Crippen LogP contribution in [0.5, 0.6) is 5.75 Å². The third kappa shape index (κ3) is 31.6. The summed E-state index contributed by atoms with van der Waals surface area (Å²) in [6.45, 7) is 6.07. The maximum atomic E-state index is 15.3. The van der Waals surface area contributed by atoms with Gasteiger partial charge in [0, 0.05) is 155 Å². The van der Waals surface area contributed by atoms with Crippen LogP contribution in [0.15, 0.2) is 47.5 Å². The number of alkyl halides is 4. The fourth-order valence-corrected chi connectivity index (χ4v) is 18.3. The number of aliphatic hydroxyl groups is 3. The molecule has 5 aromatic rings. The van der Waals surface area contributed by atoms with E-state index in [4.69, 9.17) is 26.0 Å². The number of amides is 12. The lowest BCUT2D eigenvalue weighted by Gasteiger charge is -2.32. The molecule has 3 aromatic heterocycles. The van der Waals surface area contributed by atoms with Gasteiger partial charge < -0.3 is 98.3 Å². The van der Waals surface area contributed by atoms with Crippen molar-refractivity contribution in [1.29, 1.82) is 0 Å². The molecule has 12 amide bonds. The number of aliphatic hydroxyl groups excluding tert-OH is 3. The number of aliphatic carboxylic acids is 1. The number of hydrogen-bond acceptors (Lipinski definition) is 26. The van der Waals surface area contributed by atoms with Gasteiger partial charge in [0.25, 0.3) is 0 Å². The number of H-pyrrole nitrogens is 1. The molecule has 130 heavy (non-hydrogen) atoms. The van der Waals surface area contributed by atoms with Gasteiger partial charge >= 0.3 is 24.2 Å². The SMILES string of the molecule is CC[C@H](C)[C@@H]1NC(=O)CNC(=O)[C@@H]2CC(=O)[C@H]([C@@H](C)[C@@H](O)CO)NC(=O)[C@@H]3C[C@@H](O)CN3C(=O)[C@H](CC(N)=O)CC(=O)[C@H](CS(=O)c3[nH]c4cc(OC(=O)N(C)CCN(C)C(=O)OCc5ccc(CC(=O)[C@H](CCCNC(N)=O)NC(=O)[C@@H](CC(=O)CCCn6nnc(CBr)c6CBr)C(C)C)cc5)ccc4c3C2)NC(=O)CNC1=O.O=C(O)CCCn1nnc(CBr)c1CBr. The summed E-state index contributed by atoms with van der Waals surface area (Å²) < 4.78 is 30.1. The minimum atomic E-state index is -2.49. The number of halogens is 4. The van der Waals surface area contributed by atoms with Gasteiger partial charge in [-0.1, -0.05) is 139 Å². The summed E-state index contributed by atoms with van der Waals surface area (Å²) in [5.41, 5.74) is 15.7. The number of carbonyl (C=O) groups is 16. The molecule has 6 heterocycles. The molecule has 0 saturated carbocycles. The predicted octanol–water partition coefficient (Wildman–Crippen LogP) is 2.33. The number of likely N-dealkylation sites (N-methyl/N-ethyl adjacent to an activating group) is 2. The molecule has 42 nitrogen and oxygen atoms in total. The van der Waals surface area contributed by atoms with Crippen LogP contribution in [0.4, 0.5) is 14.4 Å². The molecule has 13 atom stereocenters. The maximum absolute atomic E-state index is 15.3. The molecule has 1 saturated heterocycles. The van der Waals surface area contributed by atoms with Gasteiger partial charge in [-0.2, -0.15) is 0 Å². The first-order valence-electron chi connectivity index (χ1n) is 42.4. The van der Waals surface area contributed by atoms with Crippen LogP contribution in [0, 0.1) is 35.5 Å². The van der Waals surface area contributed by atoms with Gasteiger partial charge in [0.15, 0.2) is 17.3 Å². The fraction of sp³-hybridized carbons (Fsp3) is 0.590. The normalized spacial score (nSPS) is 20.3. The van der Waals surface area contributed by atoms with E-state index < -0.39 is 230 Å². The fourth-order valence-electron chi connectivity index (χ4n) is 14.8. The van der Waals surface area contributed by atoms with Gasteiger partial charge in [0.05, 0.1) is 101 Å². The Morgan fingerprint density at radius 1 is 0.731 bits per heavy atom. The van der Waals surface area contributed by atoms with Crippen molar-refractivity contribution in [2.45, 2.75) is 213 Å². The van der Waals surface area contributed by atoms with Crippen molar-refractivity contribution in [3.8, 4) is 5.75 Å². The van der Waals surface area contributed by atoms with Gasteiger partial charge in [0.1, 0.15) is 35.2 Å². The van der Waals surface area contributed by atoms with E-state index in [0.717, 1.165) is 32.6 Å². The van der Waals surface area contributed by atoms with Crippen LogP contribution >= 0.6 is 63.7 Å². The van der Waals surface area contributed by atoms with Gasteiger partial charge in [-0.3, -0.25) is 66.5 Å². The highest BCUT2D eigenvalue weighted by Gasteiger charge is 2.46. The zero-order valence-corrected chi connectivity index (χ0v) is 80.4. The molecule has 3 aliphatic heterocycles. The molecule has 1 unspecified atom stereocenters. The Labute approximate surface area is 785 Å². The summed E-state index contributed by atoms with van der Waals surface area (Å²) in [5, 5.41) is 77.2. The average Bonchev–Trinajstić information content (AvgIpc) is 1.62. The number of carbonyl (C=O) groups excluding carboxylic acids is 15. The highest BCUT2D eigenvalue weighted by molar-refractivity contribution is 9.09. The minimum absolute atomic E-state index is 0.0454. The van der Waals surface area contributed by atoms with Crippen molar-refractivity contribution < 1.29 is 111 Å². The lowest BCUT2D eigenvalue weighted by molar-refractivity contribution is -0.145. The van der Waals surface area contributed by atoms with Crippen LogP contribution in [-0.4, -0.2) is 277 Å². The maximum Gasteiger partial charge on any atom is 0.415 e. The van der Waals surface area contributed by atoms with Gasteiger partial charge in [-0.05, 0) is 72.8 Å². The number of Topliss-reactive ketones (excluding diaryl/α,β-unsaturated/α-hetero) is 4. The second kappa shape index (κ2) is 52.2. The topological polar surface area (TPSA) is 613 Å². The van der Waals surface area contributed by atoms with Crippen molar-refractivity contribution in [2.75, 3.05) is 65.7 Å². The number of benzene rings is 2. The van der Waals surface area contributed by atoms with E-state index in [9.17, 15) is 92.0 Å². The van der Waals surface area contributed by atoms with Gasteiger partial charge in [-0.25, -0.2) is 23.7 Å². The Hall–Kier alpha value is -10.1. The number of urea groups is 1. The number of nitrogens with two attached hydrogens (primary N) is 2. The van der Waals surface area contributed by atoms with E-state index >= 15 is 4.21 Å². The number of aromatic amines is 1. The molecule has 2 aromatic carbocycles. The molecule has 16 N–H and O–H groups in total. The monoisotopic (exact) mass is 2090 g/mol. The first kappa shape index (κ1) is 107. The van der Waals surface area contributed by atoms with Crippen LogP contribution in [-0.2, 0) is 132 Å². The van der Waals surface area contributed by atoms with E-state index in [0.29, 0.717) is 71.2 Å². The molecule has 0 spiro atoms. The number of carboxylic acid groups (broad SMARTS) is 1. The number of aryl methyl sites for hydroxylation is 2. The molecule has 0 radical (unpaired) electrons. The van der Waals surface area contributed by atoms with Crippen molar-refractivity contribution in [1.82, 2.24) is 86.9 Å². The number of ether oxygens (including phenoxy) is 2. The highest BCUT2D eigenvalue weighted by Crippen LogP contribution is 2.34. The number of primary amides is 2. The smallest absolute Gasteiger partial charge is 0.415 e. The molecule has 47 heteroatoms. The summed E-state index contributed by atoms with van der Waals surface area (Å²) in [5.74, 6) is -17.6. The Balaban J connectivity index is 0.00000139. The van der Waals surface area contributed by atoms with E-state index in [-0.39, 0.29) is 103 Å². The van der Waals surface area contributed by atoms with Crippen molar-refractivity contribution in [3.63, 3.8) is 0 Å².